The summed E-state index contributed by atoms with van der Waals surface area (Å²) in [7, 11) is 0. The van der Waals surface area contributed by atoms with E-state index >= 15 is 0 Å². The Morgan fingerprint density at radius 2 is 1.67 bits per heavy atom. The van der Waals surface area contributed by atoms with Crippen LogP contribution in [-0.2, 0) is 9.59 Å². The molecule has 0 spiro atoms. The molecule has 2 amide bonds. The first kappa shape index (κ1) is 21.0. The Morgan fingerprint density at radius 1 is 1.03 bits per heavy atom. The van der Waals surface area contributed by atoms with E-state index in [-0.39, 0.29) is 17.5 Å². The molecule has 3 rings (SSSR count). The third-order valence-corrected chi connectivity index (χ3v) is 4.97. The minimum Gasteiger partial charge on any atom is -0.362 e. The van der Waals surface area contributed by atoms with Gasteiger partial charge in [-0.25, -0.2) is 0 Å². The highest BCUT2D eigenvalue weighted by atomic mass is 16.6. The Labute approximate surface area is 174 Å². The summed E-state index contributed by atoms with van der Waals surface area (Å²) in [6.07, 6.45) is 3.10. The third kappa shape index (κ3) is 5.22. The lowest BCUT2D eigenvalue weighted by atomic mass is 10.2. The second kappa shape index (κ2) is 9.69. The molecule has 1 aliphatic rings. The minimum absolute atomic E-state index is 0.0584. The number of hydrogen-bond donors (Lipinski definition) is 1. The van der Waals surface area contributed by atoms with E-state index < -0.39 is 11.0 Å². The fourth-order valence-electron chi connectivity index (χ4n) is 3.39. The average molecular weight is 408 g/mol. The molecule has 0 bridgehead atoms. The van der Waals surface area contributed by atoms with Gasteiger partial charge in [0.05, 0.1) is 4.92 Å². The third-order valence-electron chi connectivity index (χ3n) is 4.97. The molecular weight excluding hydrogens is 384 g/mol. The van der Waals surface area contributed by atoms with Crippen molar-refractivity contribution >= 4 is 29.3 Å². The van der Waals surface area contributed by atoms with Crippen LogP contribution in [-0.4, -0.2) is 53.9 Å². The van der Waals surface area contributed by atoms with E-state index in [1.807, 2.05) is 35.2 Å². The molecule has 1 heterocycles. The van der Waals surface area contributed by atoms with Gasteiger partial charge in [-0.1, -0.05) is 42.5 Å². The highest BCUT2D eigenvalue weighted by molar-refractivity contribution is 5.95. The lowest BCUT2D eigenvalue weighted by Gasteiger charge is -2.36. The minimum atomic E-state index is -0.657. The van der Waals surface area contributed by atoms with E-state index in [9.17, 15) is 19.7 Å². The van der Waals surface area contributed by atoms with Crippen LogP contribution in [0.15, 0.2) is 60.7 Å². The number of amides is 2. The maximum Gasteiger partial charge on any atom is 0.292 e. The second-order valence-corrected chi connectivity index (χ2v) is 7.03. The SMILES string of the molecule is CC(NC(=O)/C=C/c1ccccc1)C(=O)N1CCN(c2ccccc2[N+](=O)[O-])CC1. The zero-order chi connectivity index (χ0) is 21.5. The van der Waals surface area contributed by atoms with Gasteiger partial charge in [0.2, 0.25) is 11.8 Å². The van der Waals surface area contributed by atoms with Crippen LogP contribution in [0.1, 0.15) is 12.5 Å². The summed E-state index contributed by atoms with van der Waals surface area (Å²) in [5.74, 6) is -0.503. The van der Waals surface area contributed by atoms with Crippen LogP contribution in [0.2, 0.25) is 0 Å². The Morgan fingerprint density at radius 3 is 2.33 bits per heavy atom. The molecule has 8 nitrogen and oxygen atoms in total. The molecule has 0 aromatic heterocycles. The van der Waals surface area contributed by atoms with Crippen molar-refractivity contribution in [1.82, 2.24) is 10.2 Å². The first-order valence-corrected chi connectivity index (χ1v) is 9.76. The van der Waals surface area contributed by atoms with E-state index in [4.69, 9.17) is 0 Å². The number of para-hydroxylation sites is 2. The van der Waals surface area contributed by atoms with Gasteiger partial charge in [-0.15, -0.1) is 0 Å². The Hall–Kier alpha value is -3.68. The molecule has 1 saturated heterocycles. The second-order valence-electron chi connectivity index (χ2n) is 7.03. The van der Waals surface area contributed by atoms with Crippen LogP contribution in [0.3, 0.4) is 0 Å². The van der Waals surface area contributed by atoms with E-state index in [1.165, 1.54) is 12.1 Å². The highest BCUT2D eigenvalue weighted by Gasteiger charge is 2.28. The lowest BCUT2D eigenvalue weighted by Crippen LogP contribution is -2.54. The predicted molar refractivity (Wildman–Crippen MR) is 115 cm³/mol. The number of nitrogens with zero attached hydrogens (tertiary/aromatic N) is 3. The number of nitro benzene ring substituents is 1. The zero-order valence-corrected chi connectivity index (χ0v) is 16.7. The summed E-state index contributed by atoms with van der Waals surface area (Å²) in [5, 5.41) is 13.9. The topological polar surface area (TPSA) is 95.8 Å². The molecule has 1 atom stereocenters. The number of nitrogens with one attached hydrogen (secondary N) is 1. The number of anilines is 1. The zero-order valence-electron chi connectivity index (χ0n) is 16.7. The van der Waals surface area contributed by atoms with Crippen LogP contribution < -0.4 is 10.2 Å². The number of carbonyl (C=O) groups is 2. The monoisotopic (exact) mass is 408 g/mol. The van der Waals surface area contributed by atoms with E-state index in [0.29, 0.717) is 31.9 Å². The molecule has 156 valence electrons. The molecule has 8 heteroatoms. The van der Waals surface area contributed by atoms with E-state index in [0.717, 1.165) is 5.56 Å². The fourth-order valence-corrected chi connectivity index (χ4v) is 3.39. The summed E-state index contributed by atoms with van der Waals surface area (Å²) in [6.45, 7) is 3.51. The molecule has 1 unspecified atom stereocenters. The van der Waals surface area contributed by atoms with Crippen molar-refractivity contribution in [2.75, 3.05) is 31.1 Å². The van der Waals surface area contributed by atoms with Gasteiger partial charge in [0.15, 0.2) is 0 Å². The molecule has 0 radical (unpaired) electrons. The normalized spacial score (nSPS) is 15.1. The van der Waals surface area contributed by atoms with Crippen LogP contribution in [0.25, 0.3) is 6.08 Å². The van der Waals surface area contributed by atoms with E-state index in [2.05, 4.69) is 5.32 Å². The Kier molecular flexibility index (Phi) is 6.79. The quantitative estimate of drug-likeness (QED) is 0.450. The van der Waals surface area contributed by atoms with Crippen molar-refractivity contribution in [3.8, 4) is 0 Å². The van der Waals surface area contributed by atoms with Crippen LogP contribution in [0, 0.1) is 10.1 Å². The molecule has 1 aliphatic heterocycles. The lowest BCUT2D eigenvalue weighted by molar-refractivity contribution is -0.384. The number of nitro groups is 1. The first-order chi connectivity index (χ1) is 14.5. The summed E-state index contributed by atoms with van der Waals surface area (Å²) in [6, 6.07) is 15.4. The molecule has 0 aliphatic carbocycles. The number of hydrogen-bond acceptors (Lipinski definition) is 5. The largest absolute Gasteiger partial charge is 0.362 e. The van der Waals surface area contributed by atoms with Crippen LogP contribution in [0.5, 0.6) is 0 Å². The van der Waals surface area contributed by atoms with Gasteiger partial charge in [-0.2, -0.15) is 0 Å². The van der Waals surface area contributed by atoms with Crippen molar-refractivity contribution in [2.45, 2.75) is 13.0 Å². The standard InChI is InChI=1S/C22H24N4O4/c1-17(23-21(27)12-11-18-7-3-2-4-8-18)22(28)25-15-13-24(14-16-25)19-9-5-6-10-20(19)26(29)30/h2-12,17H,13-16H2,1H3,(H,23,27)/b12-11+. The van der Waals surface area contributed by atoms with Gasteiger partial charge in [0.25, 0.3) is 5.69 Å². The number of carbonyl (C=O) groups excluding carboxylic acids is 2. The summed E-state index contributed by atoms with van der Waals surface area (Å²) in [5.41, 5.74) is 1.52. The summed E-state index contributed by atoms with van der Waals surface area (Å²) >= 11 is 0. The average Bonchev–Trinajstić information content (AvgIpc) is 2.78. The molecule has 0 saturated carbocycles. The van der Waals surface area contributed by atoms with Crippen molar-refractivity contribution in [3.63, 3.8) is 0 Å². The van der Waals surface area contributed by atoms with Crippen molar-refractivity contribution in [2.24, 2.45) is 0 Å². The summed E-state index contributed by atoms with van der Waals surface area (Å²) < 4.78 is 0. The van der Waals surface area contributed by atoms with Gasteiger partial charge in [0.1, 0.15) is 11.7 Å². The first-order valence-electron chi connectivity index (χ1n) is 9.76. The number of benzene rings is 2. The summed E-state index contributed by atoms with van der Waals surface area (Å²) in [4.78, 5) is 39.2. The molecule has 2 aromatic carbocycles. The van der Waals surface area contributed by atoms with Gasteiger partial charge in [-0.3, -0.25) is 19.7 Å². The maximum absolute atomic E-state index is 12.7. The fraction of sp³-hybridized carbons (Fsp3) is 0.273. The maximum atomic E-state index is 12.7. The van der Waals surface area contributed by atoms with E-state index in [1.54, 1.807) is 36.1 Å². The van der Waals surface area contributed by atoms with Crippen molar-refractivity contribution < 1.29 is 14.5 Å². The molecule has 2 aromatic rings. The van der Waals surface area contributed by atoms with Crippen LogP contribution >= 0.6 is 0 Å². The van der Waals surface area contributed by atoms with Gasteiger partial charge in [0, 0.05) is 38.3 Å². The van der Waals surface area contributed by atoms with Gasteiger partial charge in [-0.05, 0) is 24.6 Å². The van der Waals surface area contributed by atoms with Crippen molar-refractivity contribution in [1.29, 1.82) is 0 Å². The smallest absolute Gasteiger partial charge is 0.292 e. The Bertz CT molecular complexity index is 937. The molecule has 1 N–H and O–H groups in total. The molecule has 1 fully saturated rings. The van der Waals surface area contributed by atoms with Gasteiger partial charge >= 0.3 is 0 Å². The number of rotatable bonds is 6. The van der Waals surface area contributed by atoms with Crippen molar-refractivity contribution in [3.05, 3.63) is 76.4 Å². The van der Waals surface area contributed by atoms with Gasteiger partial charge < -0.3 is 15.1 Å². The molecular formula is C22H24N4O4. The predicted octanol–water partition coefficient (Wildman–Crippen LogP) is 2.46. The Balaban J connectivity index is 1.53. The highest BCUT2D eigenvalue weighted by Crippen LogP contribution is 2.28. The number of piperazine rings is 1. The van der Waals surface area contributed by atoms with Crippen LogP contribution in [0.4, 0.5) is 11.4 Å². The molecule has 30 heavy (non-hydrogen) atoms.